The molecule has 0 aliphatic heterocycles. The summed E-state index contributed by atoms with van der Waals surface area (Å²) in [5.74, 6) is 1.24. The summed E-state index contributed by atoms with van der Waals surface area (Å²) in [4.78, 5) is 14.4. The number of nitrogens with one attached hydrogen (secondary N) is 1. The number of benzene rings is 2. The van der Waals surface area contributed by atoms with E-state index in [-0.39, 0.29) is 18.5 Å². The number of aryl methyl sites for hydroxylation is 1. The van der Waals surface area contributed by atoms with Crippen LogP contribution >= 0.6 is 11.6 Å². The van der Waals surface area contributed by atoms with E-state index >= 15 is 0 Å². The second-order valence-electron chi connectivity index (χ2n) is 6.21. The Morgan fingerprint density at radius 2 is 1.85 bits per heavy atom. The highest BCUT2D eigenvalue weighted by atomic mass is 35.5. The highest BCUT2D eigenvalue weighted by molar-refractivity contribution is 6.31. The second kappa shape index (κ2) is 8.92. The lowest BCUT2D eigenvalue weighted by molar-refractivity contribution is -0.117. The summed E-state index contributed by atoms with van der Waals surface area (Å²) >= 11 is 6.11. The third-order valence-corrected chi connectivity index (χ3v) is 4.81. The van der Waals surface area contributed by atoms with Crippen LogP contribution in [0.4, 0.5) is 5.69 Å². The Morgan fingerprint density at radius 3 is 2.42 bits per heavy atom. The molecule has 6 heteroatoms. The van der Waals surface area contributed by atoms with Gasteiger partial charge in [0.25, 0.3) is 0 Å². The van der Waals surface area contributed by atoms with Crippen LogP contribution in [0.1, 0.15) is 24.1 Å². The fraction of sp³-hybridized carbons (Fsp3) is 0.350. The van der Waals surface area contributed by atoms with Gasteiger partial charge in [-0.15, -0.1) is 0 Å². The highest BCUT2D eigenvalue weighted by Gasteiger charge is 2.17. The van der Waals surface area contributed by atoms with E-state index in [0.29, 0.717) is 16.5 Å². The summed E-state index contributed by atoms with van der Waals surface area (Å²) < 4.78 is 10.5. The van der Waals surface area contributed by atoms with Crippen molar-refractivity contribution in [1.82, 2.24) is 4.90 Å². The zero-order valence-corrected chi connectivity index (χ0v) is 16.6. The van der Waals surface area contributed by atoms with E-state index in [4.69, 9.17) is 21.1 Å². The Bertz CT molecular complexity index is 762. The number of carbonyl (C=O) groups excluding carboxylic acids is 1. The fourth-order valence-corrected chi connectivity index (χ4v) is 2.77. The molecule has 140 valence electrons. The molecule has 0 saturated carbocycles. The Labute approximate surface area is 159 Å². The number of nitrogens with zero attached hydrogens (tertiary/aromatic N) is 1. The van der Waals surface area contributed by atoms with Crippen LogP contribution in [0.25, 0.3) is 0 Å². The molecular formula is C20H25ClN2O3. The molecule has 0 spiro atoms. The van der Waals surface area contributed by atoms with Gasteiger partial charge < -0.3 is 14.8 Å². The van der Waals surface area contributed by atoms with Crippen LogP contribution in [-0.4, -0.2) is 38.6 Å². The predicted molar refractivity (Wildman–Crippen MR) is 105 cm³/mol. The number of rotatable bonds is 7. The quantitative estimate of drug-likeness (QED) is 0.782. The van der Waals surface area contributed by atoms with Crippen molar-refractivity contribution in [3.8, 4) is 11.5 Å². The first-order valence-electron chi connectivity index (χ1n) is 8.34. The number of amides is 1. The first-order chi connectivity index (χ1) is 12.3. The van der Waals surface area contributed by atoms with E-state index in [2.05, 4.69) is 12.2 Å². The van der Waals surface area contributed by atoms with Crippen molar-refractivity contribution in [3.05, 3.63) is 52.5 Å². The van der Waals surface area contributed by atoms with Crippen LogP contribution in [0.15, 0.2) is 36.4 Å². The second-order valence-corrected chi connectivity index (χ2v) is 6.62. The Balaban J connectivity index is 2.03. The zero-order chi connectivity index (χ0) is 19.3. The fourth-order valence-electron chi connectivity index (χ4n) is 2.62. The summed E-state index contributed by atoms with van der Waals surface area (Å²) in [5, 5.41) is 3.50. The third-order valence-electron chi connectivity index (χ3n) is 4.41. The maximum atomic E-state index is 12.5. The normalized spacial score (nSPS) is 12.0. The minimum atomic E-state index is -0.118. The Kier molecular flexibility index (Phi) is 6.89. The van der Waals surface area contributed by atoms with Gasteiger partial charge >= 0.3 is 0 Å². The van der Waals surface area contributed by atoms with Gasteiger partial charge in [0.1, 0.15) is 11.5 Å². The number of likely N-dealkylation sites (N-methyl/N-ethyl adjacent to an activating group) is 1. The maximum absolute atomic E-state index is 12.5. The molecule has 1 unspecified atom stereocenters. The van der Waals surface area contributed by atoms with Crippen molar-refractivity contribution in [2.24, 2.45) is 0 Å². The zero-order valence-electron chi connectivity index (χ0n) is 15.8. The smallest absolute Gasteiger partial charge is 0.238 e. The molecule has 1 N–H and O–H groups in total. The number of hydrogen-bond acceptors (Lipinski definition) is 4. The van der Waals surface area contributed by atoms with Crippen LogP contribution in [0.2, 0.25) is 5.02 Å². The SMILES string of the molecule is COc1ccc(C(C)N(C)CC(=O)Nc2cc(C)c(Cl)cc2OC)cc1. The largest absolute Gasteiger partial charge is 0.497 e. The average Bonchev–Trinajstić information content (AvgIpc) is 2.63. The molecule has 0 bridgehead atoms. The van der Waals surface area contributed by atoms with E-state index < -0.39 is 0 Å². The maximum Gasteiger partial charge on any atom is 0.238 e. The van der Waals surface area contributed by atoms with E-state index in [1.807, 2.05) is 49.2 Å². The van der Waals surface area contributed by atoms with Gasteiger partial charge in [0, 0.05) is 17.1 Å². The highest BCUT2D eigenvalue weighted by Crippen LogP contribution is 2.31. The minimum Gasteiger partial charge on any atom is -0.497 e. The van der Waals surface area contributed by atoms with Gasteiger partial charge in [0.15, 0.2) is 0 Å². The molecule has 1 amide bonds. The molecule has 0 aromatic heterocycles. The van der Waals surface area contributed by atoms with Crippen molar-refractivity contribution in [2.45, 2.75) is 19.9 Å². The Hall–Kier alpha value is -2.24. The summed E-state index contributed by atoms with van der Waals surface area (Å²) in [7, 11) is 5.11. The van der Waals surface area contributed by atoms with Gasteiger partial charge in [-0.05, 0) is 50.2 Å². The minimum absolute atomic E-state index is 0.0838. The van der Waals surface area contributed by atoms with E-state index in [0.717, 1.165) is 16.9 Å². The molecule has 0 fully saturated rings. The van der Waals surface area contributed by atoms with Crippen molar-refractivity contribution in [3.63, 3.8) is 0 Å². The first-order valence-corrected chi connectivity index (χ1v) is 8.71. The molecule has 0 aliphatic rings. The van der Waals surface area contributed by atoms with Crippen LogP contribution < -0.4 is 14.8 Å². The first kappa shape index (κ1) is 20.1. The molecule has 0 saturated heterocycles. The molecule has 0 radical (unpaired) electrons. The topological polar surface area (TPSA) is 50.8 Å². The molecule has 1 atom stereocenters. The molecule has 2 aromatic rings. The van der Waals surface area contributed by atoms with Crippen LogP contribution in [-0.2, 0) is 4.79 Å². The Morgan fingerprint density at radius 1 is 1.19 bits per heavy atom. The standard InChI is InChI=1S/C20H25ClN2O3/c1-13-10-18(19(26-5)11-17(13)21)22-20(24)12-23(3)14(2)15-6-8-16(25-4)9-7-15/h6-11,14H,12H2,1-5H3,(H,22,24). The third kappa shape index (κ3) is 4.90. The van der Waals surface area contributed by atoms with Crippen molar-refractivity contribution in [2.75, 3.05) is 33.1 Å². The molecule has 2 rings (SSSR count). The van der Waals surface area contributed by atoms with Gasteiger partial charge in [-0.25, -0.2) is 0 Å². The average molecular weight is 377 g/mol. The van der Waals surface area contributed by atoms with Crippen LogP contribution in [0, 0.1) is 6.92 Å². The van der Waals surface area contributed by atoms with E-state index in [1.165, 1.54) is 0 Å². The number of anilines is 1. The van der Waals surface area contributed by atoms with E-state index in [1.54, 1.807) is 20.3 Å². The molecular weight excluding hydrogens is 352 g/mol. The predicted octanol–water partition coefficient (Wildman–Crippen LogP) is 4.30. The van der Waals surface area contributed by atoms with Gasteiger partial charge in [-0.1, -0.05) is 23.7 Å². The summed E-state index contributed by atoms with van der Waals surface area (Å²) in [6, 6.07) is 11.4. The van der Waals surface area contributed by atoms with Crippen molar-refractivity contribution < 1.29 is 14.3 Å². The van der Waals surface area contributed by atoms with Gasteiger partial charge in [-0.3, -0.25) is 9.69 Å². The monoisotopic (exact) mass is 376 g/mol. The number of halogens is 1. The summed E-state index contributed by atoms with van der Waals surface area (Å²) in [5.41, 5.74) is 2.61. The van der Waals surface area contributed by atoms with E-state index in [9.17, 15) is 4.79 Å². The lowest BCUT2D eigenvalue weighted by Crippen LogP contribution is -2.32. The van der Waals surface area contributed by atoms with Crippen LogP contribution in [0.3, 0.4) is 0 Å². The summed E-state index contributed by atoms with van der Waals surface area (Å²) in [6.45, 7) is 4.19. The van der Waals surface area contributed by atoms with Gasteiger partial charge in [-0.2, -0.15) is 0 Å². The van der Waals surface area contributed by atoms with Crippen LogP contribution in [0.5, 0.6) is 11.5 Å². The number of carbonyl (C=O) groups is 1. The lowest BCUT2D eigenvalue weighted by atomic mass is 10.1. The molecule has 5 nitrogen and oxygen atoms in total. The van der Waals surface area contributed by atoms with Crippen molar-refractivity contribution >= 4 is 23.2 Å². The molecule has 0 aliphatic carbocycles. The molecule has 2 aromatic carbocycles. The number of hydrogen-bond donors (Lipinski definition) is 1. The number of methoxy groups -OCH3 is 2. The molecule has 26 heavy (non-hydrogen) atoms. The van der Waals surface area contributed by atoms with Gasteiger partial charge in [0.05, 0.1) is 26.5 Å². The number of ether oxygens (including phenoxy) is 2. The van der Waals surface area contributed by atoms with Crippen molar-refractivity contribution in [1.29, 1.82) is 0 Å². The summed E-state index contributed by atoms with van der Waals surface area (Å²) in [6.07, 6.45) is 0. The lowest BCUT2D eigenvalue weighted by Gasteiger charge is -2.25. The van der Waals surface area contributed by atoms with Gasteiger partial charge in [0.2, 0.25) is 5.91 Å². The molecule has 0 heterocycles.